The highest BCUT2D eigenvalue weighted by Gasteiger charge is 2.20. The van der Waals surface area contributed by atoms with Crippen LogP contribution < -0.4 is 5.32 Å². The molecule has 1 saturated carbocycles. The third-order valence-electron chi connectivity index (χ3n) is 2.86. The van der Waals surface area contributed by atoms with E-state index in [-0.39, 0.29) is 30.9 Å². The molecule has 0 unspecified atom stereocenters. The van der Waals surface area contributed by atoms with Gasteiger partial charge in [-0.15, -0.1) is 0 Å². The van der Waals surface area contributed by atoms with Gasteiger partial charge in [0, 0.05) is 18.9 Å². The molecule has 1 fully saturated rings. The second-order valence-corrected chi connectivity index (χ2v) is 4.32. The van der Waals surface area contributed by atoms with Gasteiger partial charge in [0.25, 0.3) is 0 Å². The number of amides is 1. The van der Waals surface area contributed by atoms with Crippen molar-refractivity contribution in [3.63, 3.8) is 0 Å². The number of hydrogen-bond donors (Lipinski definition) is 3. The number of carboxylic acids is 1. The lowest BCUT2D eigenvalue weighted by Gasteiger charge is -2.26. The van der Waals surface area contributed by atoms with Crippen molar-refractivity contribution in [1.29, 1.82) is 0 Å². The Balaban J connectivity index is 2.11. The van der Waals surface area contributed by atoms with E-state index in [1.165, 1.54) is 0 Å². The van der Waals surface area contributed by atoms with Gasteiger partial charge in [-0.3, -0.25) is 9.59 Å². The van der Waals surface area contributed by atoms with Gasteiger partial charge in [0.05, 0.1) is 6.10 Å². The molecule has 0 aliphatic heterocycles. The predicted octanol–water partition coefficient (Wildman–Crippen LogP) is 0.661. The van der Waals surface area contributed by atoms with E-state index in [2.05, 4.69) is 5.32 Å². The summed E-state index contributed by atoms with van der Waals surface area (Å²) in [5.74, 6) is -0.948. The SMILES string of the molecule is O=C(O)CCCC(=O)NC1CCC(O)CC1. The van der Waals surface area contributed by atoms with E-state index in [4.69, 9.17) is 5.11 Å². The molecule has 0 atom stereocenters. The molecule has 5 heteroatoms. The molecule has 0 aromatic rings. The monoisotopic (exact) mass is 229 g/mol. The zero-order chi connectivity index (χ0) is 12.0. The first-order chi connectivity index (χ1) is 7.58. The Labute approximate surface area is 94.8 Å². The molecule has 92 valence electrons. The Bertz CT molecular complexity index is 246. The maximum absolute atomic E-state index is 11.4. The smallest absolute Gasteiger partial charge is 0.303 e. The Morgan fingerprint density at radius 3 is 2.31 bits per heavy atom. The predicted molar refractivity (Wildman–Crippen MR) is 57.9 cm³/mol. The van der Waals surface area contributed by atoms with Gasteiger partial charge < -0.3 is 15.5 Å². The minimum Gasteiger partial charge on any atom is -0.481 e. The number of aliphatic hydroxyl groups excluding tert-OH is 1. The first kappa shape index (κ1) is 13.0. The van der Waals surface area contributed by atoms with Gasteiger partial charge in [0.15, 0.2) is 0 Å². The first-order valence-electron chi connectivity index (χ1n) is 5.77. The zero-order valence-electron chi connectivity index (χ0n) is 9.32. The highest BCUT2D eigenvalue weighted by molar-refractivity contribution is 5.77. The Morgan fingerprint density at radius 1 is 1.12 bits per heavy atom. The van der Waals surface area contributed by atoms with Gasteiger partial charge in [-0.2, -0.15) is 0 Å². The first-order valence-corrected chi connectivity index (χ1v) is 5.77. The normalized spacial score (nSPS) is 25.1. The van der Waals surface area contributed by atoms with Crippen LogP contribution in [0.15, 0.2) is 0 Å². The summed E-state index contributed by atoms with van der Waals surface area (Å²) in [6.45, 7) is 0. The summed E-state index contributed by atoms with van der Waals surface area (Å²) in [5, 5.41) is 20.6. The van der Waals surface area contributed by atoms with Crippen LogP contribution in [0.1, 0.15) is 44.9 Å². The van der Waals surface area contributed by atoms with Crippen LogP contribution in [0.4, 0.5) is 0 Å². The number of rotatable bonds is 5. The third kappa shape index (κ3) is 5.11. The van der Waals surface area contributed by atoms with Crippen LogP contribution in [0, 0.1) is 0 Å². The van der Waals surface area contributed by atoms with Crippen molar-refractivity contribution >= 4 is 11.9 Å². The number of carbonyl (C=O) groups excluding carboxylic acids is 1. The number of hydrogen-bond acceptors (Lipinski definition) is 3. The van der Waals surface area contributed by atoms with Crippen molar-refractivity contribution in [2.24, 2.45) is 0 Å². The van der Waals surface area contributed by atoms with Crippen LogP contribution in [0.3, 0.4) is 0 Å². The summed E-state index contributed by atoms with van der Waals surface area (Å²) in [4.78, 5) is 21.7. The summed E-state index contributed by atoms with van der Waals surface area (Å²) < 4.78 is 0. The van der Waals surface area contributed by atoms with E-state index >= 15 is 0 Å². The summed E-state index contributed by atoms with van der Waals surface area (Å²) in [6, 6.07) is 0.153. The summed E-state index contributed by atoms with van der Waals surface area (Å²) in [6.07, 6.45) is 3.57. The van der Waals surface area contributed by atoms with Crippen LogP contribution >= 0.6 is 0 Å². The minimum atomic E-state index is -0.867. The van der Waals surface area contributed by atoms with Crippen molar-refractivity contribution < 1.29 is 19.8 Å². The Hall–Kier alpha value is -1.10. The van der Waals surface area contributed by atoms with E-state index in [1.54, 1.807) is 0 Å². The van der Waals surface area contributed by atoms with Crippen molar-refractivity contribution in [1.82, 2.24) is 5.32 Å². The van der Waals surface area contributed by atoms with Crippen LogP contribution in [-0.4, -0.2) is 34.2 Å². The highest BCUT2D eigenvalue weighted by Crippen LogP contribution is 2.18. The van der Waals surface area contributed by atoms with Crippen LogP contribution in [0.5, 0.6) is 0 Å². The molecule has 1 rings (SSSR count). The largest absolute Gasteiger partial charge is 0.481 e. The average molecular weight is 229 g/mol. The maximum atomic E-state index is 11.4. The molecule has 3 N–H and O–H groups in total. The lowest BCUT2D eigenvalue weighted by Crippen LogP contribution is -2.38. The second-order valence-electron chi connectivity index (χ2n) is 4.32. The quantitative estimate of drug-likeness (QED) is 0.646. The number of aliphatic hydroxyl groups is 1. The lowest BCUT2D eigenvalue weighted by molar-refractivity contribution is -0.137. The molecule has 0 radical (unpaired) electrons. The second kappa shape index (κ2) is 6.48. The van der Waals surface area contributed by atoms with E-state index in [0.717, 1.165) is 25.7 Å². The number of nitrogens with one attached hydrogen (secondary N) is 1. The van der Waals surface area contributed by atoms with Crippen LogP contribution in [0.25, 0.3) is 0 Å². The van der Waals surface area contributed by atoms with Crippen LogP contribution in [-0.2, 0) is 9.59 Å². The van der Waals surface area contributed by atoms with Gasteiger partial charge in [0.1, 0.15) is 0 Å². The van der Waals surface area contributed by atoms with Crippen molar-refractivity contribution in [2.75, 3.05) is 0 Å². The Morgan fingerprint density at radius 2 is 1.75 bits per heavy atom. The molecule has 1 amide bonds. The molecule has 16 heavy (non-hydrogen) atoms. The zero-order valence-corrected chi connectivity index (χ0v) is 9.32. The van der Waals surface area contributed by atoms with Gasteiger partial charge in [-0.25, -0.2) is 0 Å². The fourth-order valence-corrected chi connectivity index (χ4v) is 1.92. The van der Waals surface area contributed by atoms with Crippen LogP contribution in [0.2, 0.25) is 0 Å². The minimum absolute atomic E-state index is 0.0385. The van der Waals surface area contributed by atoms with Crippen molar-refractivity contribution in [3.8, 4) is 0 Å². The molecular weight excluding hydrogens is 210 g/mol. The maximum Gasteiger partial charge on any atom is 0.303 e. The fraction of sp³-hybridized carbons (Fsp3) is 0.818. The molecule has 0 aromatic heterocycles. The van der Waals surface area contributed by atoms with Gasteiger partial charge in [-0.1, -0.05) is 0 Å². The molecular formula is C11H19NO4. The summed E-state index contributed by atoms with van der Waals surface area (Å²) >= 11 is 0. The highest BCUT2D eigenvalue weighted by atomic mass is 16.4. The van der Waals surface area contributed by atoms with Crippen molar-refractivity contribution in [2.45, 2.75) is 57.1 Å². The number of carbonyl (C=O) groups is 2. The molecule has 1 aliphatic carbocycles. The van der Waals surface area contributed by atoms with Crippen molar-refractivity contribution in [3.05, 3.63) is 0 Å². The van der Waals surface area contributed by atoms with Gasteiger partial charge >= 0.3 is 5.97 Å². The van der Waals surface area contributed by atoms with E-state index in [0.29, 0.717) is 6.42 Å². The number of carboxylic acid groups (broad SMARTS) is 1. The van der Waals surface area contributed by atoms with Gasteiger partial charge in [-0.05, 0) is 32.1 Å². The molecule has 5 nitrogen and oxygen atoms in total. The third-order valence-corrected chi connectivity index (χ3v) is 2.86. The number of aliphatic carboxylic acids is 1. The molecule has 1 aliphatic rings. The van der Waals surface area contributed by atoms with Gasteiger partial charge in [0.2, 0.25) is 5.91 Å². The topological polar surface area (TPSA) is 86.6 Å². The molecule has 0 spiro atoms. The Kier molecular flexibility index (Phi) is 5.25. The molecule has 0 saturated heterocycles. The summed E-state index contributed by atoms with van der Waals surface area (Å²) in [7, 11) is 0. The van der Waals surface area contributed by atoms with E-state index in [1.807, 2.05) is 0 Å². The standard InChI is InChI=1S/C11H19NO4/c13-9-6-4-8(5-7-9)12-10(14)2-1-3-11(15)16/h8-9,13H,1-7H2,(H,12,14)(H,15,16). The average Bonchev–Trinajstić information content (AvgIpc) is 2.21. The fourth-order valence-electron chi connectivity index (χ4n) is 1.92. The molecule has 0 heterocycles. The van der Waals surface area contributed by atoms with E-state index < -0.39 is 5.97 Å². The van der Waals surface area contributed by atoms with E-state index in [9.17, 15) is 14.7 Å². The lowest BCUT2D eigenvalue weighted by atomic mass is 9.93. The molecule has 0 aromatic carbocycles. The summed E-state index contributed by atoms with van der Waals surface area (Å²) in [5.41, 5.74) is 0. The molecule has 0 bridgehead atoms.